The molecule has 2 aromatic rings. The van der Waals surface area contributed by atoms with Crippen molar-refractivity contribution in [3.8, 4) is 5.75 Å². The Kier molecular flexibility index (Phi) is 5.32. The van der Waals surface area contributed by atoms with Crippen LogP contribution in [0.25, 0.3) is 0 Å². The summed E-state index contributed by atoms with van der Waals surface area (Å²) in [6.07, 6.45) is 1.82. The van der Waals surface area contributed by atoms with Gasteiger partial charge in [0.05, 0.1) is 5.69 Å². The minimum absolute atomic E-state index is 0.122. The standard InChI is InChI=1S/C17H22N4O2S/c1-3-12-6-4-5-7-14(12)23-11-18-16(22)20-17-19-13-8-9-21(2)10-15(13)24-17/h4-7H,3,8-11H2,1-2H3,(H2,18,19,20,22). The molecule has 0 aliphatic carbocycles. The van der Waals surface area contributed by atoms with Gasteiger partial charge in [-0.1, -0.05) is 25.1 Å². The molecule has 2 N–H and O–H groups in total. The van der Waals surface area contributed by atoms with Gasteiger partial charge in [0, 0.05) is 24.4 Å². The molecule has 1 aromatic carbocycles. The summed E-state index contributed by atoms with van der Waals surface area (Å²) in [5, 5.41) is 6.13. The maximum atomic E-state index is 12.0. The van der Waals surface area contributed by atoms with E-state index in [0.717, 1.165) is 42.9 Å². The van der Waals surface area contributed by atoms with Gasteiger partial charge in [0.15, 0.2) is 11.9 Å². The molecule has 0 bridgehead atoms. The number of aromatic nitrogens is 1. The fraction of sp³-hybridized carbons (Fsp3) is 0.412. The first-order valence-corrected chi connectivity index (χ1v) is 8.90. The molecule has 0 saturated heterocycles. The number of rotatable bonds is 5. The highest BCUT2D eigenvalue weighted by molar-refractivity contribution is 7.15. The van der Waals surface area contributed by atoms with Gasteiger partial charge in [-0.15, -0.1) is 11.3 Å². The van der Waals surface area contributed by atoms with Crippen LogP contribution in [0.5, 0.6) is 5.75 Å². The lowest BCUT2D eigenvalue weighted by Crippen LogP contribution is -2.32. The lowest BCUT2D eigenvalue weighted by molar-refractivity contribution is 0.234. The van der Waals surface area contributed by atoms with E-state index in [1.807, 2.05) is 24.3 Å². The number of benzene rings is 1. The van der Waals surface area contributed by atoms with Crippen LogP contribution < -0.4 is 15.4 Å². The van der Waals surface area contributed by atoms with E-state index in [1.165, 1.54) is 16.2 Å². The number of aryl methyl sites for hydroxylation is 1. The minimum atomic E-state index is -0.302. The van der Waals surface area contributed by atoms with Crippen molar-refractivity contribution in [1.29, 1.82) is 0 Å². The van der Waals surface area contributed by atoms with E-state index in [2.05, 4.69) is 34.5 Å². The molecule has 1 aliphatic rings. The molecule has 7 heteroatoms. The Hall–Kier alpha value is -2.12. The number of para-hydroxylation sites is 1. The quantitative estimate of drug-likeness (QED) is 0.817. The van der Waals surface area contributed by atoms with Gasteiger partial charge in [-0.05, 0) is 25.1 Å². The Balaban J connectivity index is 1.49. The number of thiazole rings is 1. The van der Waals surface area contributed by atoms with Crippen LogP contribution >= 0.6 is 11.3 Å². The largest absolute Gasteiger partial charge is 0.473 e. The van der Waals surface area contributed by atoms with Crippen molar-refractivity contribution >= 4 is 22.5 Å². The lowest BCUT2D eigenvalue weighted by atomic mass is 10.1. The van der Waals surface area contributed by atoms with Gasteiger partial charge in [-0.3, -0.25) is 5.32 Å². The summed E-state index contributed by atoms with van der Waals surface area (Å²) < 4.78 is 5.64. The zero-order chi connectivity index (χ0) is 16.9. The van der Waals surface area contributed by atoms with Crippen molar-refractivity contribution in [1.82, 2.24) is 15.2 Å². The second-order valence-corrected chi connectivity index (χ2v) is 6.84. The summed E-state index contributed by atoms with van der Waals surface area (Å²) in [6, 6.07) is 7.53. The number of amides is 2. The minimum Gasteiger partial charge on any atom is -0.473 e. The average molecular weight is 346 g/mol. The van der Waals surface area contributed by atoms with Crippen LogP contribution in [0.2, 0.25) is 0 Å². The Labute approximate surface area is 145 Å². The van der Waals surface area contributed by atoms with E-state index < -0.39 is 0 Å². The van der Waals surface area contributed by atoms with Crippen LogP contribution in [0.1, 0.15) is 23.1 Å². The molecule has 1 aromatic heterocycles. The van der Waals surface area contributed by atoms with E-state index in [0.29, 0.717) is 5.13 Å². The number of nitrogens with zero attached hydrogens (tertiary/aromatic N) is 2. The van der Waals surface area contributed by atoms with E-state index in [4.69, 9.17) is 4.74 Å². The highest BCUT2D eigenvalue weighted by Crippen LogP contribution is 2.27. The summed E-state index contributed by atoms with van der Waals surface area (Å²) in [6.45, 7) is 4.10. The van der Waals surface area contributed by atoms with E-state index in [1.54, 1.807) is 0 Å². The predicted octanol–water partition coefficient (Wildman–Crippen LogP) is 2.85. The first kappa shape index (κ1) is 16.7. The molecular weight excluding hydrogens is 324 g/mol. The number of nitrogens with one attached hydrogen (secondary N) is 2. The molecule has 0 radical (unpaired) electrons. The average Bonchev–Trinajstić information content (AvgIpc) is 2.96. The Morgan fingerprint density at radius 3 is 3.08 bits per heavy atom. The third-order valence-corrected chi connectivity index (χ3v) is 4.95. The third kappa shape index (κ3) is 4.04. The monoisotopic (exact) mass is 346 g/mol. The normalized spacial score (nSPS) is 14.1. The Morgan fingerprint density at radius 1 is 1.42 bits per heavy atom. The van der Waals surface area contributed by atoms with Crippen LogP contribution in [0.3, 0.4) is 0 Å². The van der Waals surface area contributed by atoms with Crippen LogP contribution in [0.4, 0.5) is 9.93 Å². The molecule has 1 aliphatic heterocycles. The zero-order valence-electron chi connectivity index (χ0n) is 14.0. The molecule has 3 rings (SSSR count). The molecule has 0 saturated carbocycles. The maximum Gasteiger partial charge on any atom is 0.323 e. The number of carbonyl (C=O) groups excluding carboxylic acids is 1. The highest BCUT2D eigenvalue weighted by Gasteiger charge is 2.19. The third-order valence-electron chi connectivity index (χ3n) is 3.96. The van der Waals surface area contributed by atoms with Crippen LogP contribution in [-0.2, 0) is 19.4 Å². The molecule has 24 heavy (non-hydrogen) atoms. The number of anilines is 1. The van der Waals surface area contributed by atoms with Crippen LogP contribution in [-0.4, -0.2) is 36.2 Å². The first-order valence-electron chi connectivity index (χ1n) is 8.08. The number of ether oxygens (including phenoxy) is 1. The van der Waals surface area contributed by atoms with E-state index in [9.17, 15) is 4.79 Å². The van der Waals surface area contributed by atoms with E-state index >= 15 is 0 Å². The Bertz CT molecular complexity index is 716. The van der Waals surface area contributed by atoms with Crippen molar-refractivity contribution in [2.45, 2.75) is 26.3 Å². The molecule has 0 unspecified atom stereocenters. The van der Waals surface area contributed by atoms with Crippen molar-refractivity contribution in [2.24, 2.45) is 0 Å². The van der Waals surface area contributed by atoms with Crippen molar-refractivity contribution in [3.63, 3.8) is 0 Å². The maximum absolute atomic E-state index is 12.0. The summed E-state index contributed by atoms with van der Waals surface area (Å²) in [5.74, 6) is 0.799. The summed E-state index contributed by atoms with van der Waals surface area (Å²) in [5.41, 5.74) is 2.22. The van der Waals surface area contributed by atoms with E-state index in [-0.39, 0.29) is 12.8 Å². The molecule has 6 nitrogen and oxygen atoms in total. The topological polar surface area (TPSA) is 66.5 Å². The summed E-state index contributed by atoms with van der Waals surface area (Å²) in [7, 11) is 2.09. The fourth-order valence-corrected chi connectivity index (χ4v) is 3.72. The van der Waals surface area contributed by atoms with Crippen LogP contribution in [0.15, 0.2) is 24.3 Å². The van der Waals surface area contributed by atoms with Crippen molar-refractivity contribution < 1.29 is 9.53 Å². The van der Waals surface area contributed by atoms with Gasteiger partial charge < -0.3 is 15.0 Å². The lowest BCUT2D eigenvalue weighted by Gasteiger charge is -2.20. The molecule has 0 spiro atoms. The predicted molar refractivity (Wildman–Crippen MR) is 95.6 cm³/mol. The smallest absolute Gasteiger partial charge is 0.323 e. The SMILES string of the molecule is CCc1ccccc1OCNC(=O)Nc1nc2c(s1)CN(C)CC2. The number of hydrogen-bond donors (Lipinski definition) is 2. The molecule has 2 heterocycles. The van der Waals surface area contributed by atoms with Crippen molar-refractivity contribution in [2.75, 3.05) is 25.6 Å². The second-order valence-electron chi connectivity index (χ2n) is 5.76. The first-order chi connectivity index (χ1) is 11.7. The number of fused-ring (bicyclic) bond motifs is 1. The Morgan fingerprint density at radius 2 is 2.25 bits per heavy atom. The summed E-state index contributed by atoms with van der Waals surface area (Å²) >= 11 is 1.54. The zero-order valence-corrected chi connectivity index (χ0v) is 14.8. The molecule has 0 atom stereocenters. The number of likely N-dealkylation sites (N-methyl/N-ethyl adjacent to an activating group) is 1. The van der Waals surface area contributed by atoms with Crippen molar-refractivity contribution in [3.05, 3.63) is 40.4 Å². The van der Waals surface area contributed by atoms with Gasteiger partial charge in [0.1, 0.15) is 5.75 Å². The van der Waals surface area contributed by atoms with Crippen LogP contribution in [0, 0.1) is 0 Å². The molecule has 128 valence electrons. The molecular formula is C17H22N4O2S. The fourth-order valence-electron chi connectivity index (χ4n) is 2.63. The van der Waals surface area contributed by atoms with Gasteiger partial charge in [0.2, 0.25) is 0 Å². The highest BCUT2D eigenvalue weighted by atomic mass is 32.1. The molecule has 0 fully saturated rings. The van der Waals surface area contributed by atoms with Gasteiger partial charge in [0.25, 0.3) is 0 Å². The summed E-state index contributed by atoms with van der Waals surface area (Å²) in [4.78, 5) is 20.0. The van der Waals surface area contributed by atoms with Gasteiger partial charge in [-0.25, -0.2) is 9.78 Å². The van der Waals surface area contributed by atoms with Gasteiger partial charge in [-0.2, -0.15) is 0 Å². The van der Waals surface area contributed by atoms with Gasteiger partial charge >= 0.3 is 6.03 Å². The number of urea groups is 1. The number of hydrogen-bond acceptors (Lipinski definition) is 5. The second kappa shape index (κ2) is 7.63. The number of carbonyl (C=O) groups is 1. The molecule has 2 amide bonds.